The van der Waals surface area contributed by atoms with Crippen LogP contribution in [0.2, 0.25) is 0 Å². The van der Waals surface area contributed by atoms with Crippen LogP contribution in [0.4, 0.5) is 0 Å². The lowest BCUT2D eigenvalue weighted by Gasteiger charge is -2.29. The van der Waals surface area contributed by atoms with E-state index in [-0.39, 0.29) is 17.5 Å². The number of hydrogen-bond acceptors (Lipinski definition) is 2. The summed E-state index contributed by atoms with van der Waals surface area (Å²) < 4.78 is 0. The largest absolute Gasteiger partial charge is 0.299 e. The molecule has 1 aliphatic carbocycles. The predicted molar refractivity (Wildman–Crippen MR) is 88.3 cm³/mol. The third-order valence-corrected chi connectivity index (χ3v) is 4.88. The van der Waals surface area contributed by atoms with Crippen molar-refractivity contribution in [3.63, 3.8) is 0 Å². The van der Waals surface area contributed by atoms with E-state index in [1.165, 1.54) is 11.1 Å². The summed E-state index contributed by atoms with van der Waals surface area (Å²) in [5, 5.41) is 0. The van der Waals surface area contributed by atoms with Crippen molar-refractivity contribution < 1.29 is 9.59 Å². The average Bonchev–Trinajstić information content (AvgIpc) is 2.65. The molecule has 0 amide bonds. The molecule has 2 heteroatoms. The minimum atomic E-state index is -0.783. The number of allylic oxidation sites excluding steroid dienone is 2. The molecule has 2 atom stereocenters. The van der Waals surface area contributed by atoms with Gasteiger partial charge in [0.05, 0.1) is 0 Å². The highest BCUT2D eigenvalue weighted by Gasteiger charge is 2.54. The van der Waals surface area contributed by atoms with Crippen LogP contribution in [-0.2, 0) is 9.59 Å². The molecule has 1 aliphatic rings. The predicted octanol–water partition coefficient (Wildman–Crippen LogP) is 5.26. The summed E-state index contributed by atoms with van der Waals surface area (Å²) in [6.45, 7) is 10.1. The highest BCUT2D eigenvalue weighted by molar-refractivity contribution is 6.13. The van der Waals surface area contributed by atoms with Gasteiger partial charge in [-0.2, -0.15) is 0 Å². The number of hydrogen-bond donors (Lipinski definition) is 0. The Morgan fingerprint density at radius 3 is 2.05 bits per heavy atom. The second-order valence-electron chi connectivity index (χ2n) is 6.42. The maximum atomic E-state index is 13.2. The minimum Gasteiger partial charge on any atom is -0.299 e. The fraction of sp³-hybridized carbons (Fsp3) is 0.789. The molecule has 21 heavy (non-hydrogen) atoms. The fourth-order valence-corrected chi connectivity index (χ4v) is 4.11. The van der Waals surface area contributed by atoms with Gasteiger partial charge in [0.15, 0.2) is 5.78 Å². The first-order chi connectivity index (χ1) is 10.0. The Labute approximate surface area is 130 Å². The Morgan fingerprint density at radius 1 is 1.00 bits per heavy atom. The van der Waals surface area contributed by atoms with Crippen LogP contribution in [0.1, 0.15) is 86.0 Å². The maximum absolute atomic E-state index is 13.2. The number of ketones is 2. The normalized spacial score (nSPS) is 25.8. The molecule has 0 aromatic carbocycles. The second-order valence-corrected chi connectivity index (χ2v) is 6.42. The molecular weight excluding hydrogens is 260 g/mol. The van der Waals surface area contributed by atoms with E-state index in [1.54, 1.807) is 6.92 Å². The van der Waals surface area contributed by atoms with Crippen LogP contribution in [0.3, 0.4) is 0 Å². The monoisotopic (exact) mass is 292 g/mol. The molecule has 0 spiro atoms. The van der Waals surface area contributed by atoms with E-state index in [4.69, 9.17) is 0 Å². The molecule has 0 unspecified atom stereocenters. The lowest BCUT2D eigenvalue weighted by Crippen LogP contribution is -2.38. The van der Waals surface area contributed by atoms with Crippen LogP contribution in [0.25, 0.3) is 0 Å². The highest BCUT2D eigenvalue weighted by Crippen LogP contribution is 2.51. The zero-order chi connectivity index (χ0) is 16.0. The van der Waals surface area contributed by atoms with E-state index in [0.717, 1.165) is 44.9 Å². The topological polar surface area (TPSA) is 34.1 Å². The Bertz CT molecular complexity index is 419. The lowest BCUT2D eigenvalue weighted by molar-refractivity contribution is -0.138. The van der Waals surface area contributed by atoms with Crippen LogP contribution in [0.5, 0.6) is 0 Å². The van der Waals surface area contributed by atoms with Crippen molar-refractivity contribution in [3.05, 3.63) is 11.1 Å². The average molecular weight is 292 g/mol. The second kappa shape index (κ2) is 7.91. The van der Waals surface area contributed by atoms with Crippen molar-refractivity contribution in [3.8, 4) is 0 Å². The first kappa shape index (κ1) is 18.1. The van der Waals surface area contributed by atoms with Crippen molar-refractivity contribution in [2.24, 2.45) is 11.3 Å². The van der Waals surface area contributed by atoms with Gasteiger partial charge >= 0.3 is 0 Å². The molecule has 0 saturated carbocycles. The standard InChI is InChI=1S/C19H32O2/c1-6-10-15-16(11-7-2)18(21)19(13-9-4,14(5)20)17(15)12-8-3/h16H,6-13H2,1-5H3/t16-,19-/m0/s1. The summed E-state index contributed by atoms with van der Waals surface area (Å²) in [4.78, 5) is 25.7. The molecule has 0 aromatic rings. The van der Waals surface area contributed by atoms with E-state index >= 15 is 0 Å². The number of carbonyl (C=O) groups is 2. The first-order valence-electron chi connectivity index (χ1n) is 8.78. The van der Waals surface area contributed by atoms with Crippen LogP contribution in [0.15, 0.2) is 11.1 Å². The van der Waals surface area contributed by atoms with Crippen LogP contribution in [-0.4, -0.2) is 11.6 Å². The van der Waals surface area contributed by atoms with Crippen LogP contribution >= 0.6 is 0 Å². The van der Waals surface area contributed by atoms with E-state index in [0.29, 0.717) is 6.42 Å². The Kier molecular flexibility index (Phi) is 6.83. The van der Waals surface area contributed by atoms with Gasteiger partial charge in [-0.25, -0.2) is 0 Å². The van der Waals surface area contributed by atoms with Gasteiger partial charge in [-0.1, -0.05) is 59.0 Å². The smallest absolute Gasteiger partial charge is 0.157 e. The minimum absolute atomic E-state index is 0.00644. The molecule has 0 heterocycles. The van der Waals surface area contributed by atoms with Gasteiger partial charge in [0, 0.05) is 5.92 Å². The number of rotatable bonds is 9. The Morgan fingerprint density at radius 2 is 1.62 bits per heavy atom. The maximum Gasteiger partial charge on any atom is 0.157 e. The molecule has 0 N–H and O–H groups in total. The molecule has 1 rings (SSSR count). The van der Waals surface area contributed by atoms with E-state index < -0.39 is 5.41 Å². The molecule has 0 radical (unpaired) electrons. The Balaban J connectivity index is 3.45. The summed E-state index contributed by atoms with van der Waals surface area (Å²) in [5.74, 6) is 0.294. The number of Topliss-reactive ketones (excluding diaryl/α,β-unsaturated/α-hetero) is 2. The third-order valence-electron chi connectivity index (χ3n) is 4.88. The van der Waals surface area contributed by atoms with Gasteiger partial charge in [0.2, 0.25) is 0 Å². The molecule has 0 aromatic heterocycles. The molecule has 0 saturated heterocycles. The van der Waals surface area contributed by atoms with E-state index in [1.807, 2.05) is 0 Å². The van der Waals surface area contributed by atoms with Gasteiger partial charge in [-0.15, -0.1) is 0 Å². The lowest BCUT2D eigenvalue weighted by atomic mass is 9.71. The fourth-order valence-electron chi connectivity index (χ4n) is 4.11. The van der Waals surface area contributed by atoms with Crippen molar-refractivity contribution in [2.75, 3.05) is 0 Å². The van der Waals surface area contributed by atoms with Gasteiger partial charge in [0.25, 0.3) is 0 Å². The zero-order valence-electron chi connectivity index (χ0n) is 14.6. The van der Waals surface area contributed by atoms with Gasteiger partial charge in [-0.05, 0) is 38.2 Å². The summed E-state index contributed by atoms with van der Waals surface area (Å²) in [6.07, 6.45) is 7.43. The van der Waals surface area contributed by atoms with Gasteiger partial charge in [-0.3, -0.25) is 9.59 Å². The van der Waals surface area contributed by atoms with E-state index in [9.17, 15) is 9.59 Å². The third kappa shape index (κ3) is 3.14. The molecule has 120 valence electrons. The van der Waals surface area contributed by atoms with Crippen molar-refractivity contribution in [1.82, 2.24) is 0 Å². The summed E-state index contributed by atoms with van der Waals surface area (Å²) in [5.41, 5.74) is 1.73. The molecule has 2 nitrogen and oxygen atoms in total. The van der Waals surface area contributed by atoms with Gasteiger partial charge < -0.3 is 0 Å². The molecule has 0 bridgehead atoms. The van der Waals surface area contributed by atoms with Crippen molar-refractivity contribution >= 4 is 11.6 Å². The SMILES string of the molecule is CCCC1=C(CCC)[C@](CCC)(C(C)=O)C(=O)[C@H]1CCC. The molecule has 0 fully saturated rings. The summed E-state index contributed by atoms with van der Waals surface area (Å²) in [6, 6.07) is 0. The van der Waals surface area contributed by atoms with Crippen LogP contribution in [0, 0.1) is 11.3 Å². The van der Waals surface area contributed by atoms with Gasteiger partial charge in [0.1, 0.15) is 11.2 Å². The first-order valence-corrected chi connectivity index (χ1v) is 8.78. The number of carbonyl (C=O) groups excluding carboxylic acids is 2. The quantitative estimate of drug-likeness (QED) is 0.429. The van der Waals surface area contributed by atoms with Crippen LogP contribution < -0.4 is 0 Å². The van der Waals surface area contributed by atoms with Crippen molar-refractivity contribution in [2.45, 2.75) is 86.0 Å². The van der Waals surface area contributed by atoms with Crippen molar-refractivity contribution in [1.29, 1.82) is 0 Å². The highest BCUT2D eigenvalue weighted by atomic mass is 16.2. The Hall–Kier alpha value is -0.920. The summed E-state index contributed by atoms with van der Waals surface area (Å²) >= 11 is 0. The zero-order valence-corrected chi connectivity index (χ0v) is 14.6. The molecule has 0 aliphatic heterocycles. The van der Waals surface area contributed by atoms with E-state index in [2.05, 4.69) is 27.7 Å². The molecular formula is C19H32O2. The summed E-state index contributed by atoms with van der Waals surface area (Å²) in [7, 11) is 0.